The van der Waals surface area contributed by atoms with E-state index in [9.17, 15) is 4.79 Å². The average molecular weight is 373 g/mol. The highest BCUT2D eigenvalue weighted by Gasteiger charge is 2.33. The summed E-state index contributed by atoms with van der Waals surface area (Å²) in [4.78, 5) is 11.1. The number of carbonyl (C=O) groups excluding carboxylic acids is 1. The van der Waals surface area contributed by atoms with E-state index < -0.39 is 0 Å². The van der Waals surface area contributed by atoms with Gasteiger partial charge in [-0.15, -0.1) is 0 Å². The number of ether oxygens (including phenoxy) is 1. The van der Waals surface area contributed by atoms with Gasteiger partial charge in [0.05, 0.1) is 7.11 Å². The number of allylic oxidation sites excluding steroid dienone is 6. The minimum Gasteiger partial charge on any atom is -0.469 e. The third-order valence-corrected chi connectivity index (χ3v) is 6.31. The predicted octanol–water partition coefficient (Wildman–Crippen LogP) is 7.31. The van der Waals surface area contributed by atoms with Gasteiger partial charge in [-0.25, -0.2) is 0 Å². The summed E-state index contributed by atoms with van der Waals surface area (Å²) in [5, 5.41) is 0. The number of carbonyl (C=O) groups is 1. The van der Waals surface area contributed by atoms with Crippen molar-refractivity contribution in [3.8, 4) is 0 Å². The van der Waals surface area contributed by atoms with Crippen LogP contribution in [0.5, 0.6) is 0 Å². The Morgan fingerprint density at radius 2 is 1.89 bits per heavy atom. The van der Waals surface area contributed by atoms with E-state index >= 15 is 0 Å². The minimum absolute atomic E-state index is 0.0748. The van der Waals surface area contributed by atoms with Crippen LogP contribution < -0.4 is 0 Å². The monoisotopic (exact) mass is 372 g/mol. The van der Waals surface area contributed by atoms with Gasteiger partial charge in [0.25, 0.3) is 0 Å². The van der Waals surface area contributed by atoms with E-state index in [-0.39, 0.29) is 5.97 Å². The highest BCUT2D eigenvalue weighted by atomic mass is 16.5. The zero-order chi connectivity index (χ0) is 19.4. The molecule has 0 amide bonds. The molecule has 2 rings (SSSR count). The summed E-state index contributed by atoms with van der Waals surface area (Å²) in [6.45, 7) is 2.28. The molecule has 2 aliphatic rings. The van der Waals surface area contributed by atoms with Crippen molar-refractivity contribution in [3.63, 3.8) is 0 Å². The summed E-state index contributed by atoms with van der Waals surface area (Å²) < 4.78 is 4.70. The van der Waals surface area contributed by atoms with E-state index in [2.05, 4.69) is 37.3 Å². The van der Waals surface area contributed by atoms with E-state index in [1.807, 2.05) is 0 Å². The molecule has 0 aromatic rings. The Morgan fingerprint density at radius 3 is 2.70 bits per heavy atom. The molecule has 2 aliphatic carbocycles. The molecule has 27 heavy (non-hydrogen) atoms. The van der Waals surface area contributed by atoms with Gasteiger partial charge in [0.1, 0.15) is 0 Å². The second kappa shape index (κ2) is 12.2. The summed E-state index contributed by atoms with van der Waals surface area (Å²) in [6, 6.07) is 0. The second-order valence-corrected chi connectivity index (χ2v) is 8.44. The summed E-state index contributed by atoms with van der Waals surface area (Å²) in [6.07, 6.45) is 29.4. The van der Waals surface area contributed by atoms with E-state index in [0.29, 0.717) is 17.8 Å². The average Bonchev–Trinajstić information content (AvgIpc) is 2.70. The van der Waals surface area contributed by atoms with Crippen LogP contribution in [0.4, 0.5) is 0 Å². The van der Waals surface area contributed by atoms with Crippen LogP contribution in [0.25, 0.3) is 0 Å². The van der Waals surface area contributed by atoms with Crippen molar-refractivity contribution in [3.05, 3.63) is 36.0 Å². The third kappa shape index (κ3) is 7.31. The topological polar surface area (TPSA) is 26.3 Å². The first-order chi connectivity index (χ1) is 13.2. The molecule has 0 radical (unpaired) electrons. The number of fused-ring (bicyclic) bond motifs is 1. The lowest BCUT2D eigenvalue weighted by Gasteiger charge is -2.38. The molecule has 0 bridgehead atoms. The summed E-state index contributed by atoms with van der Waals surface area (Å²) in [5.74, 6) is 0.570. The fourth-order valence-electron chi connectivity index (χ4n) is 4.54. The van der Waals surface area contributed by atoms with Gasteiger partial charge in [-0.2, -0.15) is 0 Å². The molecule has 0 saturated carbocycles. The standard InChI is InChI=1S/C25H40O2/c1-3-4-5-9-14-22-17-20-25(19-13-11-15-23(25)21-22)18-12-8-6-7-10-16-24(26)27-2/h11,15,17,20-22H,3-10,12-14,16,18-19H2,1-2H3. The Balaban J connectivity index is 1.73. The molecule has 0 aliphatic heterocycles. The molecule has 0 aromatic heterocycles. The molecule has 0 heterocycles. The van der Waals surface area contributed by atoms with Crippen molar-refractivity contribution >= 4 is 5.97 Å². The van der Waals surface area contributed by atoms with Crippen LogP contribution in [0.3, 0.4) is 0 Å². The number of hydrogen-bond acceptors (Lipinski definition) is 2. The Labute approximate surface area is 167 Å². The maximum atomic E-state index is 11.1. The number of methoxy groups -OCH3 is 1. The van der Waals surface area contributed by atoms with E-state index in [1.54, 1.807) is 5.57 Å². The predicted molar refractivity (Wildman–Crippen MR) is 115 cm³/mol. The Kier molecular flexibility index (Phi) is 9.94. The Hall–Kier alpha value is -1.31. The number of unbranched alkanes of at least 4 members (excludes halogenated alkanes) is 7. The highest BCUT2D eigenvalue weighted by molar-refractivity contribution is 5.68. The van der Waals surface area contributed by atoms with Gasteiger partial charge >= 0.3 is 5.97 Å². The summed E-state index contributed by atoms with van der Waals surface area (Å²) in [7, 11) is 1.47. The number of rotatable bonds is 13. The molecular formula is C25H40O2. The van der Waals surface area contributed by atoms with Crippen molar-refractivity contribution in [1.29, 1.82) is 0 Å². The molecule has 0 N–H and O–H groups in total. The maximum Gasteiger partial charge on any atom is 0.305 e. The second-order valence-electron chi connectivity index (χ2n) is 8.44. The molecule has 0 spiro atoms. The Bertz CT molecular complexity index is 528. The van der Waals surface area contributed by atoms with Crippen LogP contribution in [-0.4, -0.2) is 13.1 Å². The quantitative estimate of drug-likeness (QED) is 0.192. The molecule has 152 valence electrons. The van der Waals surface area contributed by atoms with Gasteiger partial charge in [0.15, 0.2) is 0 Å². The summed E-state index contributed by atoms with van der Waals surface area (Å²) >= 11 is 0. The van der Waals surface area contributed by atoms with Crippen LogP contribution in [0.2, 0.25) is 0 Å². The van der Waals surface area contributed by atoms with Gasteiger partial charge in [-0.3, -0.25) is 4.79 Å². The third-order valence-electron chi connectivity index (χ3n) is 6.31. The fourth-order valence-corrected chi connectivity index (χ4v) is 4.54. The van der Waals surface area contributed by atoms with Crippen LogP contribution in [0, 0.1) is 11.3 Å². The smallest absolute Gasteiger partial charge is 0.305 e. The highest BCUT2D eigenvalue weighted by Crippen LogP contribution is 2.46. The van der Waals surface area contributed by atoms with Crippen molar-refractivity contribution in [2.45, 2.75) is 96.8 Å². The molecule has 2 nitrogen and oxygen atoms in total. The normalized spacial score (nSPS) is 23.8. The van der Waals surface area contributed by atoms with Crippen molar-refractivity contribution in [2.24, 2.45) is 11.3 Å². The van der Waals surface area contributed by atoms with Crippen LogP contribution in [-0.2, 0) is 9.53 Å². The van der Waals surface area contributed by atoms with Crippen molar-refractivity contribution in [2.75, 3.05) is 7.11 Å². The minimum atomic E-state index is -0.0748. The van der Waals surface area contributed by atoms with Gasteiger partial charge in [0, 0.05) is 11.8 Å². The zero-order valence-electron chi connectivity index (χ0n) is 17.7. The lowest BCUT2D eigenvalue weighted by molar-refractivity contribution is -0.140. The summed E-state index contributed by atoms with van der Waals surface area (Å²) in [5.41, 5.74) is 1.89. The Morgan fingerprint density at radius 1 is 1.11 bits per heavy atom. The maximum absolute atomic E-state index is 11.1. The number of esters is 1. The van der Waals surface area contributed by atoms with Crippen LogP contribution in [0.1, 0.15) is 96.8 Å². The van der Waals surface area contributed by atoms with E-state index in [0.717, 1.165) is 12.8 Å². The molecule has 2 atom stereocenters. The molecule has 2 heteroatoms. The van der Waals surface area contributed by atoms with Gasteiger partial charge in [0.2, 0.25) is 0 Å². The molecule has 0 saturated heterocycles. The van der Waals surface area contributed by atoms with Crippen LogP contribution >= 0.6 is 0 Å². The zero-order valence-corrected chi connectivity index (χ0v) is 17.7. The van der Waals surface area contributed by atoms with Gasteiger partial charge < -0.3 is 4.74 Å². The number of hydrogen-bond donors (Lipinski definition) is 0. The van der Waals surface area contributed by atoms with Gasteiger partial charge in [-0.05, 0) is 43.6 Å². The molecule has 0 aromatic carbocycles. The molecular weight excluding hydrogens is 332 g/mol. The van der Waals surface area contributed by atoms with E-state index in [1.165, 1.54) is 77.7 Å². The first kappa shape index (κ1) is 22.0. The van der Waals surface area contributed by atoms with Gasteiger partial charge in [-0.1, -0.05) is 88.7 Å². The van der Waals surface area contributed by atoms with Crippen molar-refractivity contribution in [1.82, 2.24) is 0 Å². The fraction of sp³-hybridized carbons (Fsp3) is 0.720. The lowest BCUT2D eigenvalue weighted by Crippen LogP contribution is -2.25. The first-order valence-electron chi connectivity index (χ1n) is 11.4. The first-order valence-corrected chi connectivity index (χ1v) is 11.4. The van der Waals surface area contributed by atoms with Crippen molar-refractivity contribution < 1.29 is 9.53 Å². The molecule has 2 unspecified atom stereocenters. The lowest BCUT2D eigenvalue weighted by atomic mass is 9.66. The molecule has 0 fully saturated rings. The van der Waals surface area contributed by atoms with E-state index in [4.69, 9.17) is 4.74 Å². The van der Waals surface area contributed by atoms with Crippen LogP contribution in [0.15, 0.2) is 36.0 Å². The largest absolute Gasteiger partial charge is 0.469 e. The SMILES string of the molecule is CCCCCCC1C=CC2(CCCCCCCC(=O)OC)CCC=CC2=C1.